The Balaban J connectivity index is 1.66. The monoisotopic (exact) mass is 1010 g/mol. The van der Waals surface area contributed by atoms with Crippen LogP contribution < -0.4 is 0 Å². The van der Waals surface area contributed by atoms with Gasteiger partial charge in [-0.15, -0.1) is 0 Å². The van der Waals surface area contributed by atoms with Crippen LogP contribution in [0.1, 0.15) is 360 Å². The van der Waals surface area contributed by atoms with Crippen molar-refractivity contribution in [2.45, 2.75) is 360 Å². The second-order valence-corrected chi connectivity index (χ2v) is 23.5. The Morgan fingerprint density at radius 3 is 0.847 bits per heavy atom. The summed E-state index contributed by atoms with van der Waals surface area (Å²) in [5, 5.41) is 19.2. The lowest BCUT2D eigenvalue weighted by Crippen LogP contribution is -2.40. The van der Waals surface area contributed by atoms with Gasteiger partial charge in [-0.3, -0.25) is 9.59 Å². The van der Waals surface area contributed by atoms with E-state index in [0.29, 0.717) is 6.42 Å². The van der Waals surface area contributed by atoms with Gasteiger partial charge in [-0.1, -0.05) is 340 Å². The summed E-state index contributed by atoms with van der Waals surface area (Å²) in [6, 6.07) is 0. The van der Waals surface area contributed by atoms with Crippen molar-refractivity contribution < 1.29 is 29.3 Å². The van der Waals surface area contributed by atoms with Crippen LogP contribution in [0.2, 0.25) is 0 Å². The number of hydrogen-bond acceptors (Lipinski definition) is 6. The van der Waals surface area contributed by atoms with E-state index in [1.807, 2.05) is 0 Å². The van der Waals surface area contributed by atoms with Gasteiger partial charge in [0.15, 0.2) is 0 Å². The third kappa shape index (κ3) is 47.1. The Hall–Kier alpha value is -1.40. The lowest BCUT2D eigenvalue weighted by molar-refractivity contribution is -0.155. The van der Waals surface area contributed by atoms with E-state index in [4.69, 9.17) is 9.47 Å². The van der Waals surface area contributed by atoms with Gasteiger partial charge >= 0.3 is 11.9 Å². The predicted octanol–water partition coefficient (Wildman–Crippen LogP) is 20.7. The molecule has 1 fully saturated rings. The van der Waals surface area contributed by atoms with Gasteiger partial charge < -0.3 is 19.7 Å². The Morgan fingerprint density at radius 1 is 0.361 bits per heavy atom. The van der Waals surface area contributed by atoms with Crippen molar-refractivity contribution >= 4 is 11.9 Å². The minimum absolute atomic E-state index is 0.00527. The van der Waals surface area contributed by atoms with E-state index in [1.54, 1.807) is 0 Å². The SMILES string of the molecule is CC/C=C/CCCCCCCCCCCCCCCCCCCCCCCCCCCCCCCCCCCCCCCCCCCCCCCCCCCCCC1CC(=O)OCC(CO)(CO)COC1=O. The minimum Gasteiger partial charge on any atom is -0.465 e. The third-order valence-electron chi connectivity index (χ3n) is 16.3. The number of aliphatic hydroxyl groups excluding tert-OH is 2. The second-order valence-electron chi connectivity index (χ2n) is 23.5. The number of ether oxygens (including phenoxy) is 2. The number of esters is 2. The average Bonchev–Trinajstić information content (AvgIpc) is 3.45. The molecule has 1 atom stereocenters. The molecule has 72 heavy (non-hydrogen) atoms. The lowest BCUT2D eigenvalue weighted by Gasteiger charge is -2.27. The molecule has 0 spiro atoms. The molecule has 0 amide bonds. The summed E-state index contributed by atoms with van der Waals surface area (Å²) in [7, 11) is 0. The molecule has 426 valence electrons. The predicted molar refractivity (Wildman–Crippen MR) is 311 cm³/mol. The van der Waals surface area contributed by atoms with Crippen LogP contribution in [0.25, 0.3) is 0 Å². The number of allylic oxidation sites excluding steroid dienone is 2. The molecule has 1 heterocycles. The average molecular weight is 1020 g/mol. The first-order chi connectivity index (χ1) is 35.6. The molecule has 2 N–H and O–H groups in total. The van der Waals surface area contributed by atoms with Crippen LogP contribution in [0.15, 0.2) is 12.2 Å². The van der Waals surface area contributed by atoms with Crippen molar-refractivity contribution in [1.29, 1.82) is 0 Å². The van der Waals surface area contributed by atoms with Gasteiger partial charge in [-0.2, -0.15) is 0 Å². The molecular formula is C66H126O6. The molecule has 1 unspecified atom stereocenters. The number of carbonyl (C=O) groups is 2. The highest BCUT2D eigenvalue weighted by atomic mass is 16.6. The molecule has 1 aliphatic heterocycles. The van der Waals surface area contributed by atoms with E-state index < -0.39 is 36.5 Å². The van der Waals surface area contributed by atoms with Crippen molar-refractivity contribution in [1.82, 2.24) is 0 Å². The first-order valence-corrected chi connectivity index (χ1v) is 32.8. The summed E-state index contributed by atoms with van der Waals surface area (Å²) in [6.07, 6.45) is 80.2. The van der Waals surface area contributed by atoms with Crippen LogP contribution in [0, 0.1) is 11.3 Å². The van der Waals surface area contributed by atoms with Crippen LogP contribution in [-0.4, -0.2) is 48.6 Å². The first kappa shape index (κ1) is 68.6. The van der Waals surface area contributed by atoms with E-state index >= 15 is 0 Å². The molecule has 0 saturated carbocycles. The summed E-state index contributed by atoms with van der Waals surface area (Å²) in [5.41, 5.74) is -1.12. The standard InChI is InChI=1S/C66H126O6/c1-2-3-4-5-6-7-8-9-10-11-12-13-14-15-16-17-18-19-20-21-22-23-24-25-26-27-28-29-30-31-32-33-34-35-36-37-38-39-40-41-42-43-44-45-46-47-48-49-50-51-52-53-54-55-56-57-63-58-64(69)71-61-66(59-67,60-68)62-72-65(63)70/h3-4,63,67-68H,2,5-62H2,1H3/b4-3+. The van der Waals surface area contributed by atoms with Crippen LogP contribution in [0.5, 0.6) is 0 Å². The van der Waals surface area contributed by atoms with Gasteiger partial charge in [0.1, 0.15) is 13.2 Å². The normalized spacial score (nSPS) is 15.2. The van der Waals surface area contributed by atoms with Crippen LogP contribution in [0.3, 0.4) is 0 Å². The quantitative estimate of drug-likeness (QED) is 0.0358. The number of cyclic esters (lactones) is 2. The number of hydrogen-bond donors (Lipinski definition) is 2. The van der Waals surface area contributed by atoms with Gasteiger partial charge in [-0.05, 0) is 25.7 Å². The van der Waals surface area contributed by atoms with Crippen molar-refractivity contribution in [3.8, 4) is 0 Å². The Labute approximate surface area is 449 Å². The molecule has 6 heteroatoms. The molecule has 0 aromatic rings. The van der Waals surface area contributed by atoms with Crippen molar-refractivity contribution in [3.63, 3.8) is 0 Å². The maximum Gasteiger partial charge on any atom is 0.309 e. The number of carbonyl (C=O) groups excluding carboxylic acids is 2. The highest BCUT2D eigenvalue weighted by Gasteiger charge is 2.36. The highest BCUT2D eigenvalue weighted by Crippen LogP contribution is 2.25. The van der Waals surface area contributed by atoms with Crippen LogP contribution >= 0.6 is 0 Å². The molecule has 0 bridgehead atoms. The minimum atomic E-state index is -1.12. The number of unbranched alkanes of at least 4 members (excludes halogenated alkanes) is 51. The maximum absolute atomic E-state index is 12.5. The van der Waals surface area contributed by atoms with Crippen LogP contribution in [0.4, 0.5) is 0 Å². The topological polar surface area (TPSA) is 93.1 Å². The number of aliphatic hydroxyl groups is 2. The number of rotatable bonds is 57. The second kappa shape index (κ2) is 55.8. The van der Waals surface area contributed by atoms with E-state index in [-0.39, 0.29) is 19.6 Å². The zero-order valence-electron chi connectivity index (χ0n) is 48.5. The fraction of sp³-hybridized carbons (Fsp3) is 0.939. The fourth-order valence-corrected chi connectivity index (χ4v) is 11.0. The fourth-order valence-electron chi connectivity index (χ4n) is 11.0. The highest BCUT2D eigenvalue weighted by molar-refractivity contribution is 5.80. The summed E-state index contributed by atoms with van der Waals surface area (Å²) < 4.78 is 10.6. The molecule has 0 aromatic heterocycles. The summed E-state index contributed by atoms with van der Waals surface area (Å²) in [4.78, 5) is 24.7. The van der Waals surface area contributed by atoms with E-state index in [1.165, 1.54) is 321 Å². The summed E-state index contributed by atoms with van der Waals surface area (Å²) in [6.45, 7) is 1.13. The summed E-state index contributed by atoms with van der Waals surface area (Å²) >= 11 is 0. The van der Waals surface area contributed by atoms with Crippen LogP contribution in [-0.2, 0) is 19.1 Å². The van der Waals surface area contributed by atoms with Gasteiger partial charge in [0.25, 0.3) is 0 Å². The van der Waals surface area contributed by atoms with E-state index in [0.717, 1.165) is 19.3 Å². The van der Waals surface area contributed by atoms with E-state index in [2.05, 4.69) is 19.1 Å². The molecule has 1 rings (SSSR count). The molecule has 6 nitrogen and oxygen atoms in total. The first-order valence-electron chi connectivity index (χ1n) is 32.8. The Morgan fingerprint density at radius 2 is 0.597 bits per heavy atom. The molecule has 0 aliphatic carbocycles. The van der Waals surface area contributed by atoms with Crippen molar-refractivity contribution in [3.05, 3.63) is 12.2 Å². The Bertz CT molecular complexity index is 1130. The Kier molecular flexibility index (Phi) is 53.2. The van der Waals surface area contributed by atoms with Gasteiger partial charge in [0.2, 0.25) is 0 Å². The lowest BCUT2D eigenvalue weighted by atomic mass is 9.92. The summed E-state index contributed by atoms with van der Waals surface area (Å²) in [5.74, 6) is -1.40. The van der Waals surface area contributed by atoms with Gasteiger partial charge in [0.05, 0.1) is 31.0 Å². The molecule has 1 saturated heterocycles. The third-order valence-corrected chi connectivity index (χ3v) is 16.3. The molecule has 1 aliphatic rings. The van der Waals surface area contributed by atoms with E-state index in [9.17, 15) is 19.8 Å². The maximum atomic E-state index is 12.5. The smallest absolute Gasteiger partial charge is 0.309 e. The zero-order valence-corrected chi connectivity index (χ0v) is 48.5. The molecule has 0 radical (unpaired) electrons. The molecular weight excluding hydrogens is 889 g/mol. The van der Waals surface area contributed by atoms with Gasteiger partial charge in [0, 0.05) is 0 Å². The molecule has 0 aromatic carbocycles. The van der Waals surface area contributed by atoms with Crippen molar-refractivity contribution in [2.24, 2.45) is 11.3 Å². The van der Waals surface area contributed by atoms with Crippen molar-refractivity contribution in [2.75, 3.05) is 26.4 Å². The zero-order chi connectivity index (χ0) is 51.8. The largest absolute Gasteiger partial charge is 0.465 e. The van der Waals surface area contributed by atoms with Gasteiger partial charge in [-0.25, -0.2) is 0 Å².